The van der Waals surface area contributed by atoms with E-state index in [0.29, 0.717) is 10.9 Å². The number of aliphatic carboxylic acids is 1. The van der Waals surface area contributed by atoms with Crippen molar-refractivity contribution in [3.63, 3.8) is 0 Å². The molecule has 0 amide bonds. The summed E-state index contributed by atoms with van der Waals surface area (Å²) in [5.41, 5.74) is 1.02. The van der Waals surface area contributed by atoms with Crippen LogP contribution in [0, 0.1) is 5.92 Å². The Kier molecular flexibility index (Phi) is 4.22. The summed E-state index contributed by atoms with van der Waals surface area (Å²) < 4.78 is 0. The molecule has 1 aromatic carbocycles. The van der Waals surface area contributed by atoms with E-state index < -0.39 is 5.97 Å². The van der Waals surface area contributed by atoms with Crippen molar-refractivity contribution >= 4 is 28.9 Å². The average molecular weight is 323 g/mol. The number of halogens is 1. The minimum Gasteiger partial charge on any atom is -0.481 e. The summed E-state index contributed by atoms with van der Waals surface area (Å²) in [6.07, 6.45) is 3.23. The zero-order valence-electron chi connectivity index (χ0n) is 11.3. The molecule has 0 aliphatic heterocycles. The van der Waals surface area contributed by atoms with Gasteiger partial charge in [-0.1, -0.05) is 35.1 Å². The Hall–Kier alpha value is -1.46. The minimum atomic E-state index is -0.674. The third-order valence-corrected chi connectivity index (χ3v) is 5.34. The van der Waals surface area contributed by atoms with Gasteiger partial charge in [-0.05, 0) is 37.8 Å². The van der Waals surface area contributed by atoms with Gasteiger partial charge in [0.1, 0.15) is 10.0 Å². The van der Waals surface area contributed by atoms with E-state index in [4.69, 9.17) is 16.7 Å². The van der Waals surface area contributed by atoms with Crippen molar-refractivity contribution in [1.82, 2.24) is 10.2 Å². The standard InChI is InChI=1S/C15H15ClN2O2S/c16-12-7-5-10(6-8-12)14-18-17-13(21-14)9-1-3-11(4-2-9)15(19)20/h5-9,11H,1-4H2,(H,19,20). The molecular formula is C15H15ClN2O2S. The van der Waals surface area contributed by atoms with Gasteiger partial charge in [-0.25, -0.2) is 0 Å². The van der Waals surface area contributed by atoms with E-state index in [0.717, 1.165) is 41.3 Å². The van der Waals surface area contributed by atoms with Crippen LogP contribution < -0.4 is 0 Å². The quantitative estimate of drug-likeness (QED) is 0.919. The molecule has 0 unspecified atom stereocenters. The summed E-state index contributed by atoms with van der Waals surface area (Å²) in [6, 6.07) is 7.56. The van der Waals surface area contributed by atoms with Crippen LogP contribution in [0.4, 0.5) is 0 Å². The number of carboxylic acid groups (broad SMARTS) is 1. The third kappa shape index (κ3) is 3.24. The summed E-state index contributed by atoms with van der Waals surface area (Å²) in [5, 5.41) is 20.2. The van der Waals surface area contributed by atoms with Crippen molar-refractivity contribution < 1.29 is 9.90 Å². The number of nitrogens with zero attached hydrogens (tertiary/aromatic N) is 2. The molecule has 0 atom stereocenters. The maximum atomic E-state index is 11.0. The summed E-state index contributed by atoms with van der Waals surface area (Å²) in [5.74, 6) is -0.517. The van der Waals surface area contributed by atoms with Gasteiger partial charge in [0.05, 0.1) is 5.92 Å². The molecule has 1 aliphatic rings. The number of hydrogen-bond donors (Lipinski definition) is 1. The SMILES string of the molecule is O=C(O)C1CCC(c2nnc(-c3ccc(Cl)cc3)s2)CC1. The Bertz CT molecular complexity index is 633. The van der Waals surface area contributed by atoms with Crippen molar-refractivity contribution in [3.05, 3.63) is 34.3 Å². The first-order valence-corrected chi connectivity index (χ1v) is 8.15. The lowest BCUT2D eigenvalue weighted by atomic mass is 9.82. The minimum absolute atomic E-state index is 0.190. The second kappa shape index (κ2) is 6.12. The molecule has 0 bridgehead atoms. The first kappa shape index (κ1) is 14.5. The monoisotopic (exact) mass is 322 g/mol. The van der Waals surface area contributed by atoms with Crippen LogP contribution in [0.3, 0.4) is 0 Å². The van der Waals surface area contributed by atoms with E-state index in [9.17, 15) is 4.79 Å². The Morgan fingerprint density at radius 2 is 1.81 bits per heavy atom. The molecular weight excluding hydrogens is 308 g/mol. The van der Waals surface area contributed by atoms with E-state index in [1.165, 1.54) is 0 Å². The van der Waals surface area contributed by atoms with Crippen LogP contribution in [0.25, 0.3) is 10.6 Å². The van der Waals surface area contributed by atoms with E-state index in [1.807, 2.05) is 24.3 Å². The molecule has 6 heteroatoms. The van der Waals surface area contributed by atoms with Gasteiger partial charge >= 0.3 is 5.97 Å². The van der Waals surface area contributed by atoms with E-state index in [-0.39, 0.29) is 5.92 Å². The molecule has 1 fully saturated rings. The fourth-order valence-electron chi connectivity index (χ4n) is 2.70. The highest BCUT2D eigenvalue weighted by Crippen LogP contribution is 2.38. The largest absolute Gasteiger partial charge is 0.481 e. The lowest BCUT2D eigenvalue weighted by Gasteiger charge is -2.23. The van der Waals surface area contributed by atoms with Crippen molar-refractivity contribution in [2.75, 3.05) is 0 Å². The fourth-order valence-corrected chi connectivity index (χ4v) is 3.84. The Morgan fingerprint density at radius 1 is 1.14 bits per heavy atom. The zero-order chi connectivity index (χ0) is 14.8. The van der Waals surface area contributed by atoms with E-state index >= 15 is 0 Å². The first-order valence-electron chi connectivity index (χ1n) is 6.95. The molecule has 21 heavy (non-hydrogen) atoms. The average Bonchev–Trinajstić information content (AvgIpc) is 2.98. The molecule has 1 N–H and O–H groups in total. The molecule has 110 valence electrons. The molecule has 0 spiro atoms. The van der Waals surface area contributed by atoms with Gasteiger partial charge in [0.15, 0.2) is 0 Å². The molecule has 4 nitrogen and oxygen atoms in total. The van der Waals surface area contributed by atoms with Gasteiger partial charge in [0, 0.05) is 16.5 Å². The van der Waals surface area contributed by atoms with Gasteiger partial charge in [-0.3, -0.25) is 4.79 Å². The van der Waals surface area contributed by atoms with Gasteiger partial charge in [-0.2, -0.15) is 0 Å². The molecule has 1 aliphatic carbocycles. The van der Waals surface area contributed by atoms with Gasteiger partial charge < -0.3 is 5.11 Å². The Labute approximate surface area is 131 Å². The smallest absolute Gasteiger partial charge is 0.306 e. The second-order valence-electron chi connectivity index (χ2n) is 5.34. The maximum Gasteiger partial charge on any atom is 0.306 e. The van der Waals surface area contributed by atoms with Crippen LogP contribution in [-0.2, 0) is 4.79 Å². The van der Waals surface area contributed by atoms with Crippen molar-refractivity contribution in [3.8, 4) is 10.6 Å². The number of carboxylic acids is 1. The number of benzene rings is 1. The van der Waals surface area contributed by atoms with Crippen LogP contribution in [-0.4, -0.2) is 21.3 Å². The summed E-state index contributed by atoms with van der Waals surface area (Å²) in [6.45, 7) is 0. The van der Waals surface area contributed by atoms with Crippen LogP contribution in [0.2, 0.25) is 5.02 Å². The van der Waals surface area contributed by atoms with Gasteiger partial charge in [0.2, 0.25) is 0 Å². The van der Waals surface area contributed by atoms with Crippen LogP contribution >= 0.6 is 22.9 Å². The summed E-state index contributed by atoms with van der Waals surface area (Å²) in [7, 11) is 0. The first-order chi connectivity index (χ1) is 10.1. The zero-order valence-corrected chi connectivity index (χ0v) is 12.9. The van der Waals surface area contributed by atoms with Gasteiger partial charge in [-0.15, -0.1) is 10.2 Å². The van der Waals surface area contributed by atoms with Crippen molar-refractivity contribution in [1.29, 1.82) is 0 Å². The van der Waals surface area contributed by atoms with Crippen LogP contribution in [0.15, 0.2) is 24.3 Å². The van der Waals surface area contributed by atoms with Crippen molar-refractivity contribution in [2.24, 2.45) is 5.92 Å². The Balaban J connectivity index is 1.71. The highest BCUT2D eigenvalue weighted by molar-refractivity contribution is 7.14. The lowest BCUT2D eigenvalue weighted by molar-refractivity contribution is -0.142. The van der Waals surface area contributed by atoms with Crippen LogP contribution in [0.1, 0.15) is 36.6 Å². The van der Waals surface area contributed by atoms with Gasteiger partial charge in [0.25, 0.3) is 0 Å². The predicted octanol–water partition coefficient (Wildman–Crippen LogP) is 4.22. The number of aromatic nitrogens is 2. The molecule has 2 aromatic rings. The molecule has 0 radical (unpaired) electrons. The number of hydrogen-bond acceptors (Lipinski definition) is 4. The molecule has 0 saturated heterocycles. The predicted molar refractivity (Wildman–Crippen MR) is 82.7 cm³/mol. The molecule has 3 rings (SSSR count). The highest BCUT2D eigenvalue weighted by Gasteiger charge is 2.28. The topological polar surface area (TPSA) is 63.1 Å². The fraction of sp³-hybridized carbons (Fsp3) is 0.400. The summed E-state index contributed by atoms with van der Waals surface area (Å²) in [4.78, 5) is 11.0. The lowest BCUT2D eigenvalue weighted by Crippen LogP contribution is -2.20. The second-order valence-corrected chi connectivity index (χ2v) is 6.78. The van der Waals surface area contributed by atoms with E-state index in [2.05, 4.69) is 10.2 Å². The molecule has 1 heterocycles. The Morgan fingerprint density at radius 3 is 2.43 bits per heavy atom. The molecule has 1 saturated carbocycles. The van der Waals surface area contributed by atoms with E-state index in [1.54, 1.807) is 11.3 Å². The summed E-state index contributed by atoms with van der Waals surface area (Å²) >= 11 is 7.48. The maximum absolute atomic E-state index is 11.0. The number of carbonyl (C=O) groups is 1. The number of rotatable bonds is 3. The van der Waals surface area contributed by atoms with Crippen LogP contribution in [0.5, 0.6) is 0 Å². The highest BCUT2D eigenvalue weighted by atomic mass is 35.5. The van der Waals surface area contributed by atoms with Crippen molar-refractivity contribution in [2.45, 2.75) is 31.6 Å². The molecule has 1 aromatic heterocycles. The normalized spacial score (nSPS) is 22.1. The third-order valence-electron chi connectivity index (χ3n) is 3.96.